The highest BCUT2D eigenvalue weighted by Crippen LogP contribution is 2.32. The molecule has 1 atom stereocenters. The molecule has 1 heterocycles. The topological polar surface area (TPSA) is 15.3 Å². The lowest BCUT2D eigenvalue weighted by Gasteiger charge is -2.40. The Labute approximate surface area is 102 Å². The molecule has 1 aliphatic rings. The second-order valence-electron chi connectivity index (χ2n) is 5.19. The van der Waals surface area contributed by atoms with Crippen molar-refractivity contribution >= 4 is 0 Å². The predicted octanol–water partition coefficient (Wildman–Crippen LogP) is 2.89. The molecule has 16 heavy (non-hydrogen) atoms. The van der Waals surface area contributed by atoms with Gasteiger partial charge in [0.1, 0.15) is 0 Å². The molecule has 0 spiro atoms. The molecule has 0 aromatic carbocycles. The predicted molar refractivity (Wildman–Crippen MR) is 71.8 cm³/mol. The molecule has 0 saturated carbocycles. The van der Waals surface area contributed by atoms with Crippen LogP contribution < -0.4 is 5.32 Å². The van der Waals surface area contributed by atoms with Crippen LogP contribution in [0.2, 0.25) is 0 Å². The van der Waals surface area contributed by atoms with Gasteiger partial charge >= 0.3 is 0 Å². The maximum absolute atomic E-state index is 3.49. The van der Waals surface area contributed by atoms with E-state index >= 15 is 0 Å². The summed E-state index contributed by atoms with van der Waals surface area (Å²) in [6.07, 6.45) is 5.28. The van der Waals surface area contributed by atoms with E-state index in [0.717, 1.165) is 12.5 Å². The average molecular weight is 226 g/mol. The van der Waals surface area contributed by atoms with Crippen molar-refractivity contribution in [3.63, 3.8) is 0 Å². The number of likely N-dealkylation sites (tertiary alicyclic amines) is 1. The van der Waals surface area contributed by atoms with Gasteiger partial charge in [-0.3, -0.25) is 4.90 Å². The van der Waals surface area contributed by atoms with Crippen LogP contribution in [0.3, 0.4) is 0 Å². The van der Waals surface area contributed by atoms with E-state index in [9.17, 15) is 0 Å². The van der Waals surface area contributed by atoms with Crippen LogP contribution in [0.25, 0.3) is 0 Å². The first kappa shape index (κ1) is 14.0. The standard InChI is InChI=1S/C14H30N2/c1-5-14(6-2,7-3)16-10-9-13(12-16)11-15-8-4/h13,15H,5-12H2,1-4H3. The van der Waals surface area contributed by atoms with Crippen LogP contribution in [0, 0.1) is 5.92 Å². The van der Waals surface area contributed by atoms with Gasteiger partial charge in [0.15, 0.2) is 0 Å². The van der Waals surface area contributed by atoms with Crippen LogP contribution in [0.1, 0.15) is 53.4 Å². The Morgan fingerprint density at radius 2 is 1.75 bits per heavy atom. The fourth-order valence-corrected chi connectivity index (χ4v) is 3.20. The minimum Gasteiger partial charge on any atom is -0.317 e. The normalized spacial score (nSPS) is 22.9. The summed E-state index contributed by atoms with van der Waals surface area (Å²) >= 11 is 0. The van der Waals surface area contributed by atoms with Crippen LogP contribution >= 0.6 is 0 Å². The lowest BCUT2D eigenvalue weighted by Crippen LogP contribution is -2.46. The second-order valence-corrected chi connectivity index (χ2v) is 5.19. The number of nitrogens with one attached hydrogen (secondary N) is 1. The summed E-state index contributed by atoms with van der Waals surface area (Å²) in [6, 6.07) is 0. The second kappa shape index (κ2) is 6.61. The Hall–Kier alpha value is -0.0800. The van der Waals surface area contributed by atoms with Crippen molar-refractivity contribution in [3.05, 3.63) is 0 Å². The molecule has 0 aromatic rings. The highest BCUT2D eigenvalue weighted by molar-refractivity contribution is 4.92. The Kier molecular flexibility index (Phi) is 5.77. The third-order valence-electron chi connectivity index (χ3n) is 4.61. The van der Waals surface area contributed by atoms with Crippen LogP contribution in [-0.2, 0) is 0 Å². The van der Waals surface area contributed by atoms with E-state index in [1.807, 2.05) is 0 Å². The molecule has 2 nitrogen and oxygen atoms in total. The van der Waals surface area contributed by atoms with E-state index in [1.165, 1.54) is 45.3 Å². The summed E-state index contributed by atoms with van der Waals surface area (Å²) in [5, 5.41) is 3.49. The number of hydrogen-bond donors (Lipinski definition) is 1. The van der Waals surface area contributed by atoms with E-state index < -0.39 is 0 Å². The van der Waals surface area contributed by atoms with Gasteiger partial charge in [-0.15, -0.1) is 0 Å². The zero-order valence-corrected chi connectivity index (χ0v) is 11.7. The maximum atomic E-state index is 3.49. The van der Waals surface area contributed by atoms with Crippen molar-refractivity contribution in [2.45, 2.75) is 58.9 Å². The molecular weight excluding hydrogens is 196 g/mol. The van der Waals surface area contributed by atoms with Crippen molar-refractivity contribution in [2.75, 3.05) is 26.2 Å². The lowest BCUT2D eigenvalue weighted by atomic mass is 9.88. The summed E-state index contributed by atoms with van der Waals surface area (Å²) in [5.41, 5.74) is 0.487. The summed E-state index contributed by atoms with van der Waals surface area (Å²) < 4.78 is 0. The molecule has 0 aliphatic carbocycles. The molecule has 1 unspecified atom stereocenters. The summed E-state index contributed by atoms with van der Waals surface area (Å²) in [6.45, 7) is 14.2. The third-order valence-corrected chi connectivity index (χ3v) is 4.61. The van der Waals surface area contributed by atoms with Crippen LogP contribution in [-0.4, -0.2) is 36.6 Å². The fourth-order valence-electron chi connectivity index (χ4n) is 3.20. The Morgan fingerprint density at radius 3 is 2.25 bits per heavy atom. The molecular formula is C14H30N2. The molecule has 0 bridgehead atoms. The quantitative estimate of drug-likeness (QED) is 0.718. The van der Waals surface area contributed by atoms with Gasteiger partial charge in [0, 0.05) is 12.1 Å². The van der Waals surface area contributed by atoms with Crippen LogP contribution in [0.4, 0.5) is 0 Å². The molecule has 1 aliphatic heterocycles. The van der Waals surface area contributed by atoms with Crippen molar-refractivity contribution in [1.29, 1.82) is 0 Å². The number of hydrogen-bond acceptors (Lipinski definition) is 2. The van der Waals surface area contributed by atoms with E-state index in [1.54, 1.807) is 0 Å². The minimum atomic E-state index is 0.487. The van der Waals surface area contributed by atoms with Gasteiger partial charge in [0.2, 0.25) is 0 Å². The zero-order valence-electron chi connectivity index (χ0n) is 11.7. The van der Waals surface area contributed by atoms with Crippen LogP contribution in [0.5, 0.6) is 0 Å². The van der Waals surface area contributed by atoms with E-state index in [0.29, 0.717) is 5.54 Å². The van der Waals surface area contributed by atoms with Gasteiger partial charge in [-0.2, -0.15) is 0 Å². The van der Waals surface area contributed by atoms with Crippen molar-refractivity contribution in [3.8, 4) is 0 Å². The van der Waals surface area contributed by atoms with Gasteiger partial charge in [-0.1, -0.05) is 27.7 Å². The van der Waals surface area contributed by atoms with Gasteiger partial charge in [0.25, 0.3) is 0 Å². The molecule has 1 N–H and O–H groups in total. The lowest BCUT2D eigenvalue weighted by molar-refractivity contribution is 0.0963. The molecule has 0 radical (unpaired) electrons. The van der Waals surface area contributed by atoms with Gasteiger partial charge < -0.3 is 5.32 Å². The molecule has 1 rings (SSSR count). The van der Waals surface area contributed by atoms with Crippen molar-refractivity contribution < 1.29 is 0 Å². The number of nitrogens with zero attached hydrogens (tertiary/aromatic N) is 1. The molecule has 1 saturated heterocycles. The van der Waals surface area contributed by atoms with Gasteiger partial charge in [-0.25, -0.2) is 0 Å². The average Bonchev–Trinajstić information content (AvgIpc) is 2.79. The largest absolute Gasteiger partial charge is 0.317 e. The first-order chi connectivity index (χ1) is 7.72. The smallest absolute Gasteiger partial charge is 0.0201 e. The van der Waals surface area contributed by atoms with Gasteiger partial charge in [-0.05, 0) is 51.2 Å². The van der Waals surface area contributed by atoms with E-state index in [-0.39, 0.29) is 0 Å². The number of rotatable bonds is 7. The van der Waals surface area contributed by atoms with Crippen LogP contribution in [0.15, 0.2) is 0 Å². The SMILES string of the molecule is CCNCC1CCN(C(CC)(CC)CC)C1. The Morgan fingerprint density at radius 1 is 1.12 bits per heavy atom. The molecule has 1 fully saturated rings. The zero-order chi connectivity index (χ0) is 12.0. The summed E-state index contributed by atoms with van der Waals surface area (Å²) in [5.74, 6) is 0.879. The fraction of sp³-hybridized carbons (Fsp3) is 1.00. The van der Waals surface area contributed by atoms with Gasteiger partial charge in [0.05, 0.1) is 0 Å². The van der Waals surface area contributed by atoms with Crippen molar-refractivity contribution in [2.24, 2.45) is 5.92 Å². The first-order valence-corrected chi connectivity index (χ1v) is 7.18. The molecule has 0 amide bonds. The molecule has 2 heteroatoms. The highest BCUT2D eigenvalue weighted by atomic mass is 15.2. The van der Waals surface area contributed by atoms with E-state index in [4.69, 9.17) is 0 Å². The minimum absolute atomic E-state index is 0.487. The maximum Gasteiger partial charge on any atom is 0.0201 e. The summed E-state index contributed by atoms with van der Waals surface area (Å²) in [7, 11) is 0. The first-order valence-electron chi connectivity index (χ1n) is 7.18. The highest BCUT2D eigenvalue weighted by Gasteiger charge is 2.36. The third kappa shape index (κ3) is 2.98. The molecule has 96 valence electrons. The van der Waals surface area contributed by atoms with Crippen molar-refractivity contribution in [1.82, 2.24) is 10.2 Å². The summed E-state index contributed by atoms with van der Waals surface area (Å²) in [4.78, 5) is 2.76. The Balaban J connectivity index is 2.49. The molecule has 0 aromatic heterocycles. The monoisotopic (exact) mass is 226 g/mol. The van der Waals surface area contributed by atoms with E-state index in [2.05, 4.69) is 37.9 Å². The Bertz CT molecular complexity index is 179.